The van der Waals surface area contributed by atoms with Crippen molar-refractivity contribution in [2.45, 2.75) is 51.6 Å². The smallest absolute Gasteiger partial charge is 0.0343 e. The van der Waals surface area contributed by atoms with E-state index in [1.54, 1.807) is 5.54 Å². The van der Waals surface area contributed by atoms with Gasteiger partial charge in [-0.2, -0.15) is 5.54 Å². The normalized spacial score (nSPS) is 16.2. The molecule has 0 aromatic heterocycles. The maximum absolute atomic E-state index is 11.9. The molecule has 2 atom stereocenters. The number of rotatable bonds is 7. The predicted molar refractivity (Wildman–Crippen MR) is 55.3 cm³/mol. The molecule has 0 radical (unpaired) electrons. The molecular formula is C10H23FN2. The molecule has 0 aliphatic rings. The van der Waals surface area contributed by atoms with Crippen LogP contribution in [0, 0.1) is 0 Å². The monoisotopic (exact) mass is 190 g/mol. The number of hydrogen-bond donors (Lipinski definition) is 1. The summed E-state index contributed by atoms with van der Waals surface area (Å²) in [4.78, 5) is 2.24. The quantitative estimate of drug-likeness (QED) is 0.620. The van der Waals surface area contributed by atoms with Crippen molar-refractivity contribution in [1.29, 1.82) is 0 Å². The Kier molecular flexibility index (Phi) is 7.19. The molecule has 80 valence electrons. The van der Waals surface area contributed by atoms with Crippen molar-refractivity contribution < 1.29 is 4.48 Å². The van der Waals surface area contributed by atoms with Crippen LogP contribution in [0.4, 0.5) is 4.48 Å². The van der Waals surface area contributed by atoms with E-state index in [0.717, 1.165) is 19.3 Å². The molecule has 0 amide bonds. The van der Waals surface area contributed by atoms with E-state index in [2.05, 4.69) is 25.9 Å². The molecule has 0 aliphatic carbocycles. The van der Waals surface area contributed by atoms with Crippen molar-refractivity contribution in [3.8, 4) is 0 Å². The number of nitrogens with one attached hydrogen (secondary N) is 1. The Labute approximate surface area is 81.4 Å². The lowest BCUT2D eigenvalue weighted by atomic mass is 10.0. The number of hydrogen-bond acceptors (Lipinski definition) is 2. The molecule has 0 rings (SSSR count). The first-order chi connectivity index (χ1) is 6.11. The molecule has 1 N–H and O–H groups in total. The molecule has 0 aromatic rings. The summed E-state index contributed by atoms with van der Waals surface area (Å²) < 4.78 is 11.9. The van der Waals surface area contributed by atoms with E-state index < -0.39 is 0 Å². The number of halogens is 1. The molecular weight excluding hydrogens is 167 g/mol. The Hall–Kier alpha value is -0.150. The summed E-state index contributed by atoms with van der Waals surface area (Å²) in [6, 6.07) is 0.645. The first-order valence-electron chi connectivity index (χ1n) is 5.14. The second-order valence-electron chi connectivity index (χ2n) is 3.97. The van der Waals surface area contributed by atoms with Gasteiger partial charge < -0.3 is 4.90 Å². The van der Waals surface area contributed by atoms with Gasteiger partial charge >= 0.3 is 0 Å². The third-order valence-corrected chi connectivity index (χ3v) is 2.56. The Bertz CT molecular complexity index is 117. The molecule has 0 aliphatic heterocycles. The molecule has 0 fully saturated rings. The molecule has 13 heavy (non-hydrogen) atoms. The van der Waals surface area contributed by atoms with Crippen molar-refractivity contribution in [3.05, 3.63) is 0 Å². The number of nitrogens with zero attached hydrogens (tertiary/aromatic N) is 1. The zero-order chi connectivity index (χ0) is 10.3. The topological polar surface area (TPSA) is 15.3 Å². The van der Waals surface area contributed by atoms with Crippen LogP contribution < -0.4 is 5.54 Å². The van der Waals surface area contributed by atoms with Gasteiger partial charge in [0.15, 0.2) is 0 Å². The van der Waals surface area contributed by atoms with Crippen LogP contribution in [-0.2, 0) is 0 Å². The second kappa shape index (κ2) is 7.27. The Morgan fingerprint density at radius 3 is 2.31 bits per heavy atom. The fourth-order valence-corrected chi connectivity index (χ4v) is 1.54. The maximum Gasteiger partial charge on any atom is 0.0343 e. The summed E-state index contributed by atoms with van der Waals surface area (Å²) in [6.07, 6.45) is 4.34. The van der Waals surface area contributed by atoms with E-state index >= 15 is 0 Å². The summed E-state index contributed by atoms with van der Waals surface area (Å²) >= 11 is 0. The largest absolute Gasteiger partial charge is 0.306 e. The lowest BCUT2D eigenvalue weighted by Gasteiger charge is -2.23. The molecule has 0 saturated heterocycles. The minimum Gasteiger partial charge on any atom is -0.306 e. The Balaban J connectivity index is 3.49. The molecule has 0 spiro atoms. The highest BCUT2D eigenvalue weighted by Gasteiger charge is 2.09. The van der Waals surface area contributed by atoms with Gasteiger partial charge in [-0.15, -0.1) is 4.48 Å². The van der Waals surface area contributed by atoms with Crippen LogP contribution in [0.1, 0.15) is 39.5 Å². The van der Waals surface area contributed by atoms with E-state index in [1.165, 1.54) is 6.42 Å². The molecule has 2 nitrogen and oxygen atoms in total. The average molecular weight is 190 g/mol. The van der Waals surface area contributed by atoms with Crippen LogP contribution in [0.15, 0.2) is 0 Å². The third kappa shape index (κ3) is 5.99. The van der Waals surface area contributed by atoms with Crippen LogP contribution in [0.5, 0.6) is 0 Å². The van der Waals surface area contributed by atoms with E-state index in [4.69, 9.17) is 0 Å². The summed E-state index contributed by atoms with van der Waals surface area (Å²) in [5, 5.41) is 0. The predicted octanol–water partition coefficient (Wildman–Crippen LogP) is 2.36. The van der Waals surface area contributed by atoms with Gasteiger partial charge in [-0.3, -0.25) is 0 Å². The highest BCUT2D eigenvalue weighted by atomic mass is 19.2. The van der Waals surface area contributed by atoms with Gasteiger partial charge in [-0.25, -0.2) is 0 Å². The SMILES string of the molecule is CCC(CCCC(C)NF)N(C)C. The Morgan fingerprint density at radius 1 is 1.31 bits per heavy atom. The van der Waals surface area contributed by atoms with Crippen LogP contribution in [0.25, 0.3) is 0 Å². The second-order valence-corrected chi connectivity index (χ2v) is 3.97. The van der Waals surface area contributed by atoms with Crippen LogP contribution >= 0.6 is 0 Å². The summed E-state index contributed by atoms with van der Waals surface area (Å²) in [5.41, 5.74) is 1.77. The van der Waals surface area contributed by atoms with Gasteiger partial charge in [0, 0.05) is 12.1 Å². The molecule has 0 saturated carbocycles. The van der Waals surface area contributed by atoms with Crippen molar-refractivity contribution >= 4 is 0 Å². The van der Waals surface area contributed by atoms with Crippen LogP contribution in [-0.4, -0.2) is 31.1 Å². The van der Waals surface area contributed by atoms with Crippen molar-refractivity contribution in [1.82, 2.24) is 10.4 Å². The van der Waals surface area contributed by atoms with Gasteiger partial charge in [0.1, 0.15) is 0 Å². The van der Waals surface area contributed by atoms with E-state index in [0.29, 0.717) is 6.04 Å². The minimum atomic E-state index is -0.000307. The summed E-state index contributed by atoms with van der Waals surface area (Å²) in [6.45, 7) is 4.07. The highest BCUT2D eigenvalue weighted by molar-refractivity contribution is 4.65. The van der Waals surface area contributed by atoms with Crippen LogP contribution in [0.3, 0.4) is 0 Å². The van der Waals surface area contributed by atoms with Crippen LogP contribution in [0.2, 0.25) is 0 Å². The first-order valence-corrected chi connectivity index (χ1v) is 5.14. The van der Waals surface area contributed by atoms with Gasteiger partial charge in [-0.05, 0) is 40.3 Å². The lowest BCUT2D eigenvalue weighted by Crippen LogP contribution is -2.27. The lowest BCUT2D eigenvalue weighted by molar-refractivity contribution is 0.242. The van der Waals surface area contributed by atoms with E-state index in [-0.39, 0.29) is 6.04 Å². The standard InChI is InChI=1S/C10H23FN2/c1-5-10(13(3)4)8-6-7-9(2)12-11/h9-10,12H,5-8H2,1-4H3. The van der Waals surface area contributed by atoms with Gasteiger partial charge in [0.2, 0.25) is 0 Å². The zero-order valence-electron chi connectivity index (χ0n) is 9.31. The minimum absolute atomic E-state index is 0.000307. The van der Waals surface area contributed by atoms with E-state index in [1.807, 2.05) is 6.92 Å². The highest BCUT2D eigenvalue weighted by Crippen LogP contribution is 2.10. The molecule has 0 bridgehead atoms. The third-order valence-electron chi connectivity index (χ3n) is 2.56. The summed E-state index contributed by atoms with van der Waals surface area (Å²) in [5.74, 6) is 0. The van der Waals surface area contributed by atoms with Gasteiger partial charge in [-0.1, -0.05) is 13.3 Å². The zero-order valence-corrected chi connectivity index (χ0v) is 9.31. The van der Waals surface area contributed by atoms with E-state index in [9.17, 15) is 4.48 Å². The van der Waals surface area contributed by atoms with Crippen molar-refractivity contribution in [2.75, 3.05) is 14.1 Å². The molecule has 2 unspecified atom stereocenters. The van der Waals surface area contributed by atoms with Gasteiger partial charge in [0.25, 0.3) is 0 Å². The Morgan fingerprint density at radius 2 is 1.92 bits per heavy atom. The fourth-order valence-electron chi connectivity index (χ4n) is 1.54. The van der Waals surface area contributed by atoms with Crippen molar-refractivity contribution in [2.24, 2.45) is 0 Å². The summed E-state index contributed by atoms with van der Waals surface area (Å²) in [7, 11) is 4.20. The first kappa shape index (κ1) is 12.8. The maximum atomic E-state index is 11.9. The van der Waals surface area contributed by atoms with Crippen molar-refractivity contribution in [3.63, 3.8) is 0 Å². The average Bonchev–Trinajstić information content (AvgIpc) is 2.11. The molecule has 0 aromatic carbocycles. The van der Waals surface area contributed by atoms with Gasteiger partial charge in [0.05, 0.1) is 0 Å². The molecule has 3 heteroatoms. The fraction of sp³-hybridized carbons (Fsp3) is 1.00. The molecule has 0 heterocycles.